The first-order chi connectivity index (χ1) is 6.88. The predicted molar refractivity (Wildman–Crippen MR) is 54.8 cm³/mol. The molecule has 0 unspecified atom stereocenters. The first-order valence-electron chi connectivity index (χ1n) is 5.23. The highest BCUT2D eigenvalue weighted by molar-refractivity contribution is 5.22. The van der Waals surface area contributed by atoms with E-state index in [0.717, 1.165) is 57.2 Å². The van der Waals surface area contributed by atoms with Crippen LogP contribution in [0.2, 0.25) is 0 Å². The van der Waals surface area contributed by atoms with E-state index in [2.05, 4.69) is 17.6 Å². The maximum atomic E-state index is 5.57. The molecule has 0 aromatic heterocycles. The third-order valence-electron chi connectivity index (χ3n) is 2.61. The Balaban J connectivity index is 1.95. The maximum absolute atomic E-state index is 5.57. The summed E-state index contributed by atoms with van der Waals surface area (Å²) in [7, 11) is 0. The first-order valence-corrected chi connectivity index (χ1v) is 5.23. The Labute approximate surface area is 85.0 Å². The number of hydrogen-bond donors (Lipinski definition) is 0. The zero-order valence-corrected chi connectivity index (χ0v) is 8.50. The molecule has 0 saturated carbocycles. The van der Waals surface area contributed by atoms with E-state index in [1.165, 1.54) is 0 Å². The number of ether oxygens (including phenoxy) is 2. The number of nitrogens with zero attached hydrogens (tertiary/aromatic N) is 1. The fourth-order valence-corrected chi connectivity index (χ4v) is 1.75. The van der Waals surface area contributed by atoms with Gasteiger partial charge in [-0.1, -0.05) is 6.58 Å². The average Bonchev–Trinajstić information content (AvgIpc) is 2.30. The standard InChI is InChI=1S/C11H17NO2/c1-10(11-4-2-3-7-14-11)12-5-8-13-9-6-12/h4H,1-3,5-9H2. The second-order valence-electron chi connectivity index (χ2n) is 3.61. The number of allylic oxidation sites excluding steroid dienone is 1. The fourth-order valence-electron chi connectivity index (χ4n) is 1.75. The molecule has 2 aliphatic rings. The van der Waals surface area contributed by atoms with Crippen LogP contribution in [0.1, 0.15) is 12.8 Å². The minimum Gasteiger partial charge on any atom is -0.492 e. The predicted octanol–water partition coefficient (Wildman–Crippen LogP) is 1.53. The Bertz CT molecular complexity index is 242. The summed E-state index contributed by atoms with van der Waals surface area (Å²) in [4.78, 5) is 2.24. The lowest BCUT2D eigenvalue weighted by Gasteiger charge is -2.32. The van der Waals surface area contributed by atoms with E-state index in [1.807, 2.05) is 0 Å². The smallest absolute Gasteiger partial charge is 0.137 e. The maximum Gasteiger partial charge on any atom is 0.137 e. The number of morpholine rings is 1. The summed E-state index contributed by atoms with van der Waals surface area (Å²) in [6.07, 6.45) is 4.37. The molecule has 0 aromatic rings. The summed E-state index contributed by atoms with van der Waals surface area (Å²) in [6.45, 7) is 8.36. The molecule has 0 aliphatic carbocycles. The summed E-state index contributed by atoms with van der Waals surface area (Å²) < 4.78 is 10.9. The zero-order chi connectivity index (χ0) is 9.80. The van der Waals surface area contributed by atoms with Crippen molar-refractivity contribution in [3.8, 4) is 0 Å². The van der Waals surface area contributed by atoms with Gasteiger partial charge in [-0.2, -0.15) is 0 Å². The lowest BCUT2D eigenvalue weighted by Crippen LogP contribution is -2.36. The van der Waals surface area contributed by atoms with Crippen molar-refractivity contribution in [2.45, 2.75) is 12.8 Å². The molecule has 14 heavy (non-hydrogen) atoms. The van der Waals surface area contributed by atoms with Crippen LogP contribution in [-0.4, -0.2) is 37.8 Å². The molecular weight excluding hydrogens is 178 g/mol. The van der Waals surface area contributed by atoms with Crippen LogP contribution in [0.25, 0.3) is 0 Å². The summed E-state index contributed by atoms with van der Waals surface area (Å²) >= 11 is 0. The van der Waals surface area contributed by atoms with Gasteiger partial charge in [0.05, 0.1) is 25.5 Å². The van der Waals surface area contributed by atoms with Crippen molar-refractivity contribution >= 4 is 0 Å². The third-order valence-corrected chi connectivity index (χ3v) is 2.61. The van der Waals surface area contributed by atoms with Crippen molar-refractivity contribution in [3.05, 3.63) is 24.1 Å². The van der Waals surface area contributed by atoms with Crippen molar-refractivity contribution in [1.82, 2.24) is 4.90 Å². The fraction of sp³-hybridized carbons (Fsp3) is 0.636. The Morgan fingerprint density at radius 3 is 2.71 bits per heavy atom. The molecule has 0 atom stereocenters. The SMILES string of the molecule is C=C(C1=CCCCO1)N1CCOCC1. The molecule has 0 bridgehead atoms. The van der Waals surface area contributed by atoms with Crippen molar-refractivity contribution in [1.29, 1.82) is 0 Å². The Hall–Kier alpha value is -0.960. The minimum atomic E-state index is 0.798. The van der Waals surface area contributed by atoms with Crippen LogP contribution in [0.3, 0.4) is 0 Å². The van der Waals surface area contributed by atoms with Gasteiger partial charge >= 0.3 is 0 Å². The van der Waals surface area contributed by atoms with Gasteiger partial charge in [0.1, 0.15) is 5.76 Å². The molecule has 1 fully saturated rings. The normalized spacial score (nSPS) is 22.6. The molecule has 3 nitrogen and oxygen atoms in total. The van der Waals surface area contributed by atoms with Gasteiger partial charge in [0, 0.05) is 13.1 Å². The van der Waals surface area contributed by atoms with Crippen molar-refractivity contribution in [2.75, 3.05) is 32.9 Å². The highest BCUT2D eigenvalue weighted by atomic mass is 16.5. The van der Waals surface area contributed by atoms with Crippen LogP contribution in [-0.2, 0) is 9.47 Å². The molecule has 0 N–H and O–H groups in total. The van der Waals surface area contributed by atoms with E-state index in [9.17, 15) is 0 Å². The van der Waals surface area contributed by atoms with E-state index < -0.39 is 0 Å². The molecule has 1 saturated heterocycles. The van der Waals surface area contributed by atoms with Gasteiger partial charge in [0.2, 0.25) is 0 Å². The van der Waals surface area contributed by atoms with Crippen LogP contribution in [0, 0.1) is 0 Å². The molecule has 2 heterocycles. The van der Waals surface area contributed by atoms with Crippen LogP contribution in [0.4, 0.5) is 0 Å². The monoisotopic (exact) mass is 195 g/mol. The quantitative estimate of drug-likeness (QED) is 0.667. The van der Waals surface area contributed by atoms with E-state index >= 15 is 0 Å². The Morgan fingerprint density at radius 2 is 2.07 bits per heavy atom. The van der Waals surface area contributed by atoms with Gasteiger partial charge in [-0.15, -0.1) is 0 Å². The van der Waals surface area contributed by atoms with E-state index in [1.54, 1.807) is 0 Å². The number of hydrogen-bond acceptors (Lipinski definition) is 3. The van der Waals surface area contributed by atoms with E-state index in [0.29, 0.717) is 0 Å². The van der Waals surface area contributed by atoms with Gasteiger partial charge in [-0.05, 0) is 18.9 Å². The van der Waals surface area contributed by atoms with Gasteiger partial charge in [-0.25, -0.2) is 0 Å². The summed E-state index contributed by atoms with van der Waals surface area (Å²) in [5.41, 5.74) is 1.02. The zero-order valence-electron chi connectivity index (χ0n) is 8.50. The molecule has 0 amide bonds. The van der Waals surface area contributed by atoms with Crippen molar-refractivity contribution < 1.29 is 9.47 Å². The molecule has 3 heteroatoms. The summed E-state index contributed by atoms with van der Waals surface area (Å²) in [5.74, 6) is 0.971. The highest BCUT2D eigenvalue weighted by Crippen LogP contribution is 2.20. The molecule has 0 radical (unpaired) electrons. The molecule has 0 aromatic carbocycles. The highest BCUT2D eigenvalue weighted by Gasteiger charge is 2.17. The Morgan fingerprint density at radius 1 is 1.29 bits per heavy atom. The Kier molecular flexibility index (Phi) is 3.09. The second-order valence-corrected chi connectivity index (χ2v) is 3.61. The summed E-state index contributed by atoms with van der Waals surface area (Å²) in [6, 6.07) is 0. The lowest BCUT2D eigenvalue weighted by molar-refractivity contribution is 0.0494. The van der Waals surface area contributed by atoms with E-state index in [4.69, 9.17) is 9.47 Å². The van der Waals surface area contributed by atoms with Gasteiger partial charge in [-0.3, -0.25) is 0 Å². The van der Waals surface area contributed by atoms with Crippen LogP contribution >= 0.6 is 0 Å². The minimum absolute atomic E-state index is 0.798. The van der Waals surface area contributed by atoms with Crippen molar-refractivity contribution in [2.24, 2.45) is 0 Å². The van der Waals surface area contributed by atoms with Gasteiger partial charge in [0.15, 0.2) is 0 Å². The second kappa shape index (κ2) is 4.51. The van der Waals surface area contributed by atoms with Crippen LogP contribution in [0.15, 0.2) is 24.1 Å². The van der Waals surface area contributed by atoms with E-state index in [-0.39, 0.29) is 0 Å². The molecule has 0 spiro atoms. The topological polar surface area (TPSA) is 21.7 Å². The molecular formula is C11H17NO2. The van der Waals surface area contributed by atoms with Crippen LogP contribution < -0.4 is 0 Å². The number of rotatable bonds is 2. The third kappa shape index (κ3) is 2.10. The summed E-state index contributed by atoms with van der Waals surface area (Å²) in [5, 5.41) is 0. The van der Waals surface area contributed by atoms with Gasteiger partial charge < -0.3 is 14.4 Å². The largest absolute Gasteiger partial charge is 0.492 e. The molecule has 2 aliphatic heterocycles. The van der Waals surface area contributed by atoms with Gasteiger partial charge in [0.25, 0.3) is 0 Å². The molecule has 78 valence electrons. The van der Waals surface area contributed by atoms with Crippen LogP contribution in [0.5, 0.6) is 0 Å². The molecule has 2 rings (SSSR count). The lowest BCUT2D eigenvalue weighted by atomic mass is 10.2. The van der Waals surface area contributed by atoms with Crippen molar-refractivity contribution in [3.63, 3.8) is 0 Å². The average molecular weight is 195 g/mol. The first kappa shape index (κ1) is 9.59.